The molecular weight excluding hydrogens is 593 g/mol. The number of fused-ring (bicyclic) bond motifs is 1. The average Bonchev–Trinajstić information content (AvgIpc) is 3.35. The van der Waals surface area contributed by atoms with E-state index in [4.69, 9.17) is 27.9 Å². The van der Waals surface area contributed by atoms with Gasteiger partial charge in [-0.05, 0) is 56.7 Å². The number of alkyl carbamates (subject to hydrolysis) is 1. The highest BCUT2D eigenvalue weighted by Crippen LogP contribution is 2.40. The highest BCUT2D eigenvalue weighted by Gasteiger charge is 2.38. The van der Waals surface area contributed by atoms with Gasteiger partial charge in [-0.15, -0.1) is 0 Å². The molecule has 0 fully saturated rings. The van der Waals surface area contributed by atoms with Crippen LogP contribution in [0.15, 0.2) is 72.0 Å². The Labute approximate surface area is 245 Å². The lowest BCUT2D eigenvalue weighted by molar-refractivity contribution is -0.114. The molecule has 41 heavy (non-hydrogen) atoms. The summed E-state index contributed by atoms with van der Waals surface area (Å²) in [6.45, 7) is 3.28. The van der Waals surface area contributed by atoms with Crippen LogP contribution in [0.2, 0.25) is 10.0 Å². The number of rotatable bonds is 8. The normalized spacial score (nSPS) is 16.7. The van der Waals surface area contributed by atoms with Gasteiger partial charge in [0.15, 0.2) is 5.75 Å². The first-order valence-electron chi connectivity index (χ1n) is 12.1. The van der Waals surface area contributed by atoms with E-state index < -0.39 is 32.5 Å². The molecule has 14 heteroatoms. The van der Waals surface area contributed by atoms with E-state index in [2.05, 4.69) is 15.3 Å². The first-order chi connectivity index (χ1) is 19.5. The van der Waals surface area contributed by atoms with Crippen LogP contribution in [0.1, 0.15) is 20.3 Å². The lowest BCUT2D eigenvalue weighted by Crippen LogP contribution is -2.37. The highest BCUT2D eigenvalue weighted by atomic mass is 35.5. The summed E-state index contributed by atoms with van der Waals surface area (Å²) in [7, 11) is -3.75. The summed E-state index contributed by atoms with van der Waals surface area (Å²) in [5.41, 5.74) is 2.55. The molecule has 1 unspecified atom stereocenters. The van der Waals surface area contributed by atoms with Gasteiger partial charge in [-0.25, -0.2) is 17.2 Å². The van der Waals surface area contributed by atoms with Gasteiger partial charge in [0.1, 0.15) is 16.6 Å². The van der Waals surface area contributed by atoms with E-state index in [9.17, 15) is 23.3 Å². The number of nitriles is 1. The number of nitrogens with one attached hydrogen (secondary N) is 2. The molecule has 11 nitrogen and oxygen atoms in total. The lowest BCUT2D eigenvalue weighted by atomic mass is 10.0. The topological polar surface area (TPSA) is 152 Å². The summed E-state index contributed by atoms with van der Waals surface area (Å²) >= 11 is 12.8. The van der Waals surface area contributed by atoms with Crippen molar-refractivity contribution >= 4 is 67.5 Å². The molecular formula is C27H23Cl2N5O6S. The molecule has 4 rings (SSSR count). The molecule has 0 spiro atoms. The van der Waals surface area contributed by atoms with E-state index in [0.29, 0.717) is 23.1 Å². The number of nitrogens with zero attached hydrogens (tertiary/aromatic N) is 3. The van der Waals surface area contributed by atoms with Gasteiger partial charge >= 0.3 is 6.09 Å². The first kappa shape index (κ1) is 29.7. The molecule has 0 aliphatic heterocycles. The molecule has 1 aromatic heterocycles. The summed E-state index contributed by atoms with van der Waals surface area (Å²) in [6, 6.07) is 10.9. The third kappa shape index (κ3) is 6.22. The molecule has 212 valence electrons. The molecule has 2 N–H and O–H groups in total. The first-order valence-corrected chi connectivity index (χ1v) is 14.3. The summed E-state index contributed by atoms with van der Waals surface area (Å²) < 4.78 is 37.6. The second-order valence-corrected chi connectivity index (χ2v) is 12.0. The van der Waals surface area contributed by atoms with E-state index >= 15 is 0 Å². The number of carbonyl (C=O) groups is 2. The number of aromatic nitrogens is 1. The minimum Gasteiger partial charge on any atom is -0.454 e. The summed E-state index contributed by atoms with van der Waals surface area (Å²) in [6.07, 6.45) is 7.89. The van der Waals surface area contributed by atoms with Gasteiger partial charge in [0, 0.05) is 11.6 Å². The zero-order chi connectivity index (χ0) is 29.8. The van der Waals surface area contributed by atoms with Crippen molar-refractivity contribution in [2.75, 3.05) is 12.0 Å². The maximum atomic E-state index is 13.4. The molecule has 2 aromatic carbocycles. The standard InChI is InChI=1S/C27H23Cl2N5O6S/c1-3-39-26(36)31-25(35)22(16-30)33-32-18-14-20(28)24(21(29)15-18)40-19-7-8-23-17(13-19)9-12-34(23)41(37,38)27(2)10-5-4-6-11-27/h4-10,12-15,32H,3,11H2,1-2H3,(H,31,35,36)/b33-22-. The highest BCUT2D eigenvalue weighted by molar-refractivity contribution is 7.91. The number of hydrogen-bond acceptors (Lipinski definition) is 9. The number of carbonyl (C=O) groups excluding carboxylic acids is 2. The zero-order valence-electron chi connectivity index (χ0n) is 21.7. The van der Waals surface area contributed by atoms with Crippen molar-refractivity contribution in [3.05, 3.63) is 76.9 Å². The van der Waals surface area contributed by atoms with Crippen LogP contribution in [0.5, 0.6) is 11.5 Å². The summed E-state index contributed by atoms with van der Waals surface area (Å²) in [4.78, 5) is 23.4. The monoisotopic (exact) mass is 615 g/mol. The molecule has 0 saturated heterocycles. The van der Waals surface area contributed by atoms with Crippen LogP contribution >= 0.6 is 23.2 Å². The molecule has 1 aliphatic carbocycles. The van der Waals surface area contributed by atoms with Crippen molar-refractivity contribution in [3.63, 3.8) is 0 Å². The number of ether oxygens (including phenoxy) is 2. The van der Waals surface area contributed by atoms with E-state index in [1.165, 1.54) is 22.3 Å². The van der Waals surface area contributed by atoms with Crippen molar-refractivity contribution in [3.8, 4) is 17.6 Å². The molecule has 0 bridgehead atoms. The number of benzene rings is 2. The third-order valence-corrected chi connectivity index (χ3v) is 8.90. The van der Waals surface area contributed by atoms with Gasteiger partial charge in [0.05, 0.1) is 27.9 Å². The van der Waals surface area contributed by atoms with Crippen LogP contribution in [0.25, 0.3) is 10.9 Å². The van der Waals surface area contributed by atoms with Crippen LogP contribution in [0, 0.1) is 11.3 Å². The Hall–Kier alpha value is -4.31. The maximum Gasteiger partial charge on any atom is 0.414 e. The van der Waals surface area contributed by atoms with Gasteiger partial charge in [-0.2, -0.15) is 10.4 Å². The van der Waals surface area contributed by atoms with Crippen molar-refractivity contribution in [2.24, 2.45) is 5.10 Å². The lowest BCUT2D eigenvalue weighted by Gasteiger charge is -2.27. The fourth-order valence-electron chi connectivity index (χ4n) is 3.90. The van der Waals surface area contributed by atoms with Crippen LogP contribution in [0.3, 0.4) is 0 Å². The Balaban J connectivity index is 1.53. The predicted octanol–water partition coefficient (Wildman–Crippen LogP) is 5.76. The number of halogens is 2. The number of hydrazone groups is 1. The summed E-state index contributed by atoms with van der Waals surface area (Å²) in [5.74, 6) is -0.598. The number of amides is 2. The van der Waals surface area contributed by atoms with E-state index in [-0.39, 0.29) is 28.1 Å². The molecule has 1 heterocycles. The van der Waals surface area contributed by atoms with Gasteiger partial charge in [-0.1, -0.05) is 47.5 Å². The van der Waals surface area contributed by atoms with Gasteiger partial charge in [0.25, 0.3) is 5.91 Å². The van der Waals surface area contributed by atoms with E-state index in [1.54, 1.807) is 56.3 Å². The molecule has 1 aliphatic rings. The van der Waals surface area contributed by atoms with Crippen LogP contribution < -0.4 is 15.5 Å². The van der Waals surface area contributed by atoms with Crippen molar-refractivity contribution in [1.82, 2.24) is 9.29 Å². The van der Waals surface area contributed by atoms with E-state index in [1.807, 2.05) is 17.5 Å². The van der Waals surface area contributed by atoms with Gasteiger partial charge in [-0.3, -0.25) is 15.5 Å². The molecule has 1 atom stereocenters. The van der Waals surface area contributed by atoms with Gasteiger partial charge < -0.3 is 9.47 Å². The largest absolute Gasteiger partial charge is 0.454 e. The third-order valence-electron chi connectivity index (χ3n) is 6.02. The van der Waals surface area contributed by atoms with Crippen molar-refractivity contribution < 1.29 is 27.5 Å². The Morgan fingerprint density at radius 1 is 1.17 bits per heavy atom. The minimum atomic E-state index is -3.75. The average molecular weight is 616 g/mol. The number of hydrogen-bond donors (Lipinski definition) is 2. The second-order valence-electron chi connectivity index (χ2n) is 8.87. The van der Waals surface area contributed by atoms with Crippen LogP contribution in [-0.4, -0.2) is 41.5 Å². The maximum absolute atomic E-state index is 13.4. The quantitative estimate of drug-likeness (QED) is 0.240. The number of imide groups is 1. The SMILES string of the molecule is CCOC(=O)NC(=O)/C(C#N)=N\Nc1cc(Cl)c(Oc2ccc3c(ccn3S(=O)(=O)C3(C)C=CC=CC3)c2)c(Cl)c1. The van der Waals surface area contributed by atoms with Crippen LogP contribution in [0.4, 0.5) is 10.5 Å². The Bertz CT molecular complexity index is 1750. The summed E-state index contributed by atoms with van der Waals surface area (Å²) in [5, 5.41) is 15.5. The van der Waals surface area contributed by atoms with Crippen LogP contribution in [-0.2, 0) is 19.6 Å². The fourth-order valence-corrected chi connectivity index (χ4v) is 6.12. The molecule has 3 aromatic rings. The smallest absolute Gasteiger partial charge is 0.414 e. The number of anilines is 1. The number of allylic oxidation sites excluding steroid dienone is 3. The van der Waals surface area contributed by atoms with E-state index in [0.717, 1.165) is 0 Å². The fraction of sp³-hybridized carbons (Fsp3) is 0.185. The van der Waals surface area contributed by atoms with Crippen molar-refractivity contribution in [2.45, 2.75) is 25.0 Å². The second kappa shape index (κ2) is 12.1. The minimum absolute atomic E-state index is 0.0413. The predicted molar refractivity (Wildman–Crippen MR) is 156 cm³/mol. The Kier molecular flexibility index (Phi) is 8.72. The molecule has 2 amide bonds. The van der Waals surface area contributed by atoms with Crippen molar-refractivity contribution in [1.29, 1.82) is 5.26 Å². The Morgan fingerprint density at radius 2 is 1.90 bits per heavy atom. The zero-order valence-corrected chi connectivity index (χ0v) is 24.0. The Morgan fingerprint density at radius 3 is 2.54 bits per heavy atom. The molecule has 0 saturated carbocycles. The molecule has 0 radical (unpaired) electrons. The van der Waals surface area contributed by atoms with Gasteiger partial charge in [0.2, 0.25) is 15.7 Å².